The van der Waals surface area contributed by atoms with Crippen LogP contribution in [0.25, 0.3) is 11.3 Å². The molecule has 27 heavy (non-hydrogen) atoms. The number of hydrogen-bond donors (Lipinski definition) is 1. The molecular formula is C18H20N6O3. The van der Waals surface area contributed by atoms with Gasteiger partial charge in [-0.05, 0) is 19.1 Å². The summed E-state index contributed by atoms with van der Waals surface area (Å²) in [4.78, 5) is 24.4. The zero-order valence-corrected chi connectivity index (χ0v) is 15.4. The molecule has 3 heterocycles. The van der Waals surface area contributed by atoms with Gasteiger partial charge in [0.1, 0.15) is 5.70 Å². The molecule has 2 aromatic rings. The molecule has 0 atom stereocenters. The maximum absolute atomic E-state index is 11.7. The van der Waals surface area contributed by atoms with Gasteiger partial charge in [0.05, 0.1) is 37.7 Å². The number of amides is 1. The molecule has 0 aliphatic carbocycles. The number of piperazine rings is 1. The Morgan fingerprint density at radius 1 is 1.33 bits per heavy atom. The highest BCUT2D eigenvalue weighted by molar-refractivity contribution is 6.00. The minimum absolute atomic E-state index is 0.214. The van der Waals surface area contributed by atoms with E-state index in [1.807, 2.05) is 19.1 Å². The predicted molar refractivity (Wildman–Crippen MR) is 99.4 cm³/mol. The van der Waals surface area contributed by atoms with Crippen molar-refractivity contribution in [1.29, 1.82) is 0 Å². The first-order valence-corrected chi connectivity index (χ1v) is 8.25. The average molecular weight is 368 g/mol. The topological polar surface area (TPSA) is 102 Å². The van der Waals surface area contributed by atoms with Crippen LogP contribution >= 0.6 is 0 Å². The van der Waals surface area contributed by atoms with Gasteiger partial charge < -0.3 is 14.8 Å². The number of rotatable bonds is 5. The minimum Gasteiger partial charge on any atom is -0.480 e. The molecule has 0 bridgehead atoms. The van der Waals surface area contributed by atoms with E-state index < -0.39 is 0 Å². The van der Waals surface area contributed by atoms with Gasteiger partial charge in [0.15, 0.2) is 0 Å². The van der Waals surface area contributed by atoms with Gasteiger partial charge in [-0.1, -0.05) is 6.58 Å². The van der Waals surface area contributed by atoms with Crippen LogP contribution in [0.15, 0.2) is 41.9 Å². The minimum atomic E-state index is -0.215. The molecule has 1 amide bonds. The fraction of sp³-hybridized carbons (Fsp3) is 0.278. The first-order chi connectivity index (χ1) is 13.0. The van der Waals surface area contributed by atoms with Gasteiger partial charge in [-0.15, -0.1) is 0 Å². The Kier molecular flexibility index (Phi) is 5.30. The van der Waals surface area contributed by atoms with Crippen LogP contribution in [0.5, 0.6) is 11.9 Å². The number of methoxy groups -OCH3 is 2. The number of nitrogens with zero attached hydrogens (tertiary/aromatic N) is 5. The molecule has 9 heteroatoms. The molecular weight excluding hydrogens is 348 g/mol. The second-order valence-electron chi connectivity index (χ2n) is 5.72. The SMILES string of the molecule is C=C1C(=O)NCCN1/N=C(\C)c1ccnc(-c2cnc(OC)nc2OC)c1. The Morgan fingerprint density at radius 2 is 2.15 bits per heavy atom. The molecule has 2 aromatic heterocycles. The van der Waals surface area contributed by atoms with Gasteiger partial charge in [0.25, 0.3) is 5.91 Å². The van der Waals surface area contributed by atoms with E-state index in [2.05, 4.69) is 31.9 Å². The van der Waals surface area contributed by atoms with Crippen LogP contribution in [-0.2, 0) is 4.79 Å². The van der Waals surface area contributed by atoms with Crippen LogP contribution in [0.4, 0.5) is 0 Å². The van der Waals surface area contributed by atoms with E-state index in [4.69, 9.17) is 9.47 Å². The second kappa shape index (κ2) is 7.81. The number of carbonyl (C=O) groups is 1. The number of hydrazone groups is 1. The lowest BCUT2D eigenvalue weighted by molar-refractivity contribution is -0.120. The monoisotopic (exact) mass is 368 g/mol. The van der Waals surface area contributed by atoms with Crippen LogP contribution in [0.2, 0.25) is 0 Å². The highest BCUT2D eigenvalue weighted by atomic mass is 16.5. The zero-order chi connectivity index (χ0) is 19.4. The first-order valence-electron chi connectivity index (χ1n) is 8.25. The number of pyridine rings is 1. The Hall–Kier alpha value is -3.49. The van der Waals surface area contributed by atoms with Gasteiger partial charge in [0, 0.05) is 24.5 Å². The molecule has 1 aliphatic rings. The van der Waals surface area contributed by atoms with Crippen molar-refractivity contribution in [1.82, 2.24) is 25.3 Å². The van der Waals surface area contributed by atoms with E-state index in [0.717, 1.165) is 11.3 Å². The van der Waals surface area contributed by atoms with Crippen molar-refractivity contribution in [3.8, 4) is 23.1 Å². The molecule has 9 nitrogen and oxygen atoms in total. The standard InChI is InChI=1S/C18H20N6O3/c1-11(23-24-8-7-20-16(25)12(24)2)13-5-6-19-15(9-13)14-10-21-18(27-4)22-17(14)26-3/h5-6,9-10H,2,7-8H2,1,3-4H3,(H,20,25)/b23-11+. The lowest BCUT2D eigenvalue weighted by atomic mass is 10.1. The molecule has 1 fully saturated rings. The highest BCUT2D eigenvalue weighted by Gasteiger charge is 2.20. The average Bonchev–Trinajstić information content (AvgIpc) is 2.71. The Bertz CT molecular complexity index is 912. The van der Waals surface area contributed by atoms with Crippen LogP contribution < -0.4 is 14.8 Å². The fourth-order valence-electron chi connectivity index (χ4n) is 2.56. The van der Waals surface area contributed by atoms with Crippen molar-refractivity contribution in [2.45, 2.75) is 6.92 Å². The normalized spacial score (nSPS) is 14.8. The third kappa shape index (κ3) is 3.86. The van der Waals surface area contributed by atoms with Gasteiger partial charge >= 0.3 is 6.01 Å². The number of hydrogen-bond acceptors (Lipinski definition) is 8. The lowest BCUT2D eigenvalue weighted by Crippen LogP contribution is -2.43. The number of aromatic nitrogens is 3. The molecule has 0 unspecified atom stereocenters. The number of carbonyl (C=O) groups excluding carboxylic acids is 1. The first kappa shape index (κ1) is 18.3. The van der Waals surface area contributed by atoms with Crippen molar-refractivity contribution in [2.75, 3.05) is 27.3 Å². The van der Waals surface area contributed by atoms with Crippen molar-refractivity contribution in [3.63, 3.8) is 0 Å². The van der Waals surface area contributed by atoms with Gasteiger partial charge in [0.2, 0.25) is 5.88 Å². The molecule has 0 aromatic carbocycles. The van der Waals surface area contributed by atoms with E-state index >= 15 is 0 Å². The zero-order valence-electron chi connectivity index (χ0n) is 15.4. The third-order valence-electron chi connectivity index (χ3n) is 4.01. The maximum atomic E-state index is 11.7. The molecule has 1 saturated heterocycles. The van der Waals surface area contributed by atoms with Crippen LogP contribution in [0.3, 0.4) is 0 Å². The molecule has 1 aliphatic heterocycles. The highest BCUT2D eigenvalue weighted by Crippen LogP contribution is 2.27. The predicted octanol–water partition coefficient (Wildman–Crippen LogP) is 1.23. The van der Waals surface area contributed by atoms with E-state index in [1.165, 1.54) is 14.2 Å². The second-order valence-corrected chi connectivity index (χ2v) is 5.72. The van der Waals surface area contributed by atoms with Crippen LogP contribution in [0.1, 0.15) is 12.5 Å². The molecule has 0 spiro atoms. The third-order valence-corrected chi connectivity index (χ3v) is 4.01. The Labute approximate surface area is 156 Å². The van der Waals surface area contributed by atoms with Gasteiger partial charge in [-0.3, -0.25) is 14.8 Å². The summed E-state index contributed by atoms with van der Waals surface area (Å²) in [5.74, 6) is 0.149. The van der Waals surface area contributed by atoms with Crippen molar-refractivity contribution < 1.29 is 14.3 Å². The number of ether oxygens (including phenoxy) is 2. The molecule has 3 rings (SSSR count). The molecule has 1 N–H and O–H groups in total. The summed E-state index contributed by atoms with van der Waals surface area (Å²) in [6.07, 6.45) is 3.27. The van der Waals surface area contributed by atoms with Gasteiger partial charge in [-0.2, -0.15) is 10.1 Å². The van der Waals surface area contributed by atoms with E-state index in [9.17, 15) is 4.79 Å². The Morgan fingerprint density at radius 3 is 2.89 bits per heavy atom. The largest absolute Gasteiger partial charge is 0.480 e. The summed E-state index contributed by atoms with van der Waals surface area (Å²) in [5, 5.41) is 8.85. The molecule has 0 saturated carbocycles. The van der Waals surface area contributed by atoms with E-state index in [-0.39, 0.29) is 11.9 Å². The fourth-order valence-corrected chi connectivity index (χ4v) is 2.56. The summed E-state index contributed by atoms with van der Waals surface area (Å²) < 4.78 is 10.3. The summed E-state index contributed by atoms with van der Waals surface area (Å²) in [6, 6.07) is 3.91. The molecule has 0 radical (unpaired) electrons. The summed E-state index contributed by atoms with van der Waals surface area (Å²) in [6.45, 7) is 6.73. The summed E-state index contributed by atoms with van der Waals surface area (Å²) in [5.41, 5.74) is 3.16. The van der Waals surface area contributed by atoms with E-state index in [0.29, 0.717) is 35.9 Å². The molecule has 140 valence electrons. The quantitative estimate of drug-likeness (QED) is 0.625. The van der Waals surface area contributed by atoms with Gasteiger partial charge in [-0.25, -0.2) is 4.98 Å². The van der Waals surface area contributed by atoms with Crippen LogP contribution in [-0.4, -0.2) is 58.9 Å². The van der Waals surface area contributed by atoms with Crippen molar-refractivity contribution >= 4 is 11.6 Å². The van der Waals surface area contributed by atoms with E-state index in [1.54, 1.807) is 17.4 Å². The maximum Gasteiger partial charge on any atom is 0.319 e. The summed E-state index contributed by atoms with van der Waals surface area (Å²) >= 11 is 0. The Balaban J connectivity index is 1.93. The summed E-state index contributed by atoms with van der Waals surface area (Å²) in [7, 11) is 3.01. The lowest BCUT2D eigenvalue weighted by Gasteiger charge is -2.26. The van der Waals surface area contributed by atoms with Crippen molar-refractivity contribution in [2.24, 2.45) is 5.10 Å². The number of nitrogens with one attached hydrogen (secondary N) is 1. The van der Waals surface area contributed by atoms with Crippen molar-refractivity contribution in [3.05, 3.63) is 42.4 Å². The van der Waals surface area contributed by atoms with Crippen LogP contribution in [0, 0.1) is 0 Å². The smallest absolute Gasteiger partial charge is 0.319 e.